The van der Waals surface area contributed by atoms with Gasteiger partial charge < -0.3 is 11.5 Å². The van der Waals surface area contributed by atoms with Crippen LogP contribution in [0.25, 0.3) is 0 Å². The molecule has 0 aliphatic carbocycles. The van der Waals surface area contributed by atoms with Crippen LogP contribution < -0.4 is 11.5 Å². The second-order valence-corrected chi connectivity index (χ2v) is 16.8. The van der Waals surface area contributed by atoms with E-state index in [1.165, 1.54) is 0 Å². The maximum absolute atomic E-state index is 11.4. The van der Waals surface area contributed by atoms with Gasteiger partial charge in [-0.05, 0) is 62.0 Å². The summed E-state index contributed by atoms with van der Waals surface area (Å²) in [5, 5.41) is -0.232. The van der Waals surface area contributed by atoms with E-state index >= 15 is 0 Å². The van der Waals surface area contributed by atoms with Gasteiger partial charge in [-0.25, -0.2) is 0 Å². The summed E-state index contributed by atoms with van der Waals surface area (Å²) in [7, 11) is 11.1. The highest BCUT2D eigenvalue weighted by Crippen LogP contribution is 2.56. The van der Waals surface area contributed by atoms with E-state index in [-0.39, 0.29) is 22.3 Å². The molecule has 0 saturated heterocycles. The topological polar surface area (TPSA) is 86.2 Å². The Morgan fingerprint density at radius 2 is 1.04 bits per heavy atom. The molecule has 0 aliphatic heterocycles. The van der Waals surface area contributed by atoms with Crippen LogP contribution in [-0.2, 0) is 9.59 Å². The molecule has 2 amide bonds. The molecule has 11 heteroatoms. The average molecular weight is 481 g/mol. The minimum Gasteiger partial charge on any atom is -0.369 e. The lowest BCUT2D eigenvalue weighted by Crippen LogP contribution is -2.24. The fourth-order valence-corrected chi connectivity index (χ4v) is 16.9. The van der Waals surface area contributed by atoms with Gasteiger partial charge in [-0.1, -0.05) is 74.0 Å². The van der Waals surface area contributed by atoms with Crippen LogP contribution in [-0.4, -0.2) is 22.3 Å². The maximum Gasteiger partial charge on any atom is 0.231 e. The van der Waals surface area contributed by atoms with E-state index in [9.17, 15) is 9.59 Å². The van der Waals surface area contributed by atoms with Crippen LogP contribution in [0, 0.1) is 0 Å². The maximum atomic E-state index is 11.4. The minimum atomic E-state index is -0.229. The molecule has 0 aromatic rings. The van der Waals surface area contributed by atoms with Crippen molar-refractivity contribution >= 4 is 82.5 Å². The van der Waals surface area contributed by atoms with Crippen LogP contribution in [0.5, 0.6) is 0 Å². The number of unbranched alkanes of at least 4 members (excludes halogenated alkanes) is 4. The summed E-state index contributed by atoms with van der Waals surface area (Å²) in [5.74, 6) is -0.457. The predicted octanol–water partition coefficient (Wildman–Crippen LogP) is 6.48. The first-order valence-corrected chi connectivity index (χ1v) is 17.2. The second kappa shape index (κ2) is 18.7. The zero-order valence-corrected chi connectivity index (χ0v) is 20.4. The molecular formula is C14H28N2O2S7. The number of carbonyl (C=O) groups excluding carboxylic acids is 2. The van der Waals surface area contributed by atoms with Crippen molar-refractivity contribution in [2.75, 3.05) is 0 Å². The standard InChI is InChI=1S/C14H28N2O2S7/c1-3-5-7-9-11(13(15)17)19-21-23-25-24-22-20-12(14(16)18)10-8-6-4-2/h11-12H,3-10H2,1-2H3,(H2,15,17)(H2,16,18). The quantitative estimate of drug-likeness (QED) is 0.169. The molecule has 0 bridgehead atoms. The first-order chi connectivity index (χ1) is 12.0. The monoisotopic (exact) mass is 480 g/mol. The molecule has 0 rings (SSSR count). The molecule has 0 fully saturated rings. The van der Waals surface area contributed by atoms with E-state index in [1.807, 2.05) is 0 Å². The molecule has 0 heterocycles. The minimum absolute atomic E-state index is 0.116. The normalized spacial score (nSPS) is 13.5. The van der Waals surface area contributed by atoms with Crippen LogP contribution in [0.3, 0.4) is 0 Å². The highest BCUT2D eigenvalue weighted by atomic mass is 33.9. The molecular weight excluding hydrogens is 453 g/mol. The predicted molar refractivity (Wildman–Crippen MR) is 127 cm³/mol. The Kier molecular flexibility index (Phi) is 19.8. The third kappa shape index (κ3) is 16.1. The van der Waals surface area contributed by atoms with Gasteiger partial charge in [0.25, 0.3) is 0 Å². The lowest BCUT2D eigenvalue weighted by molar-refractivity contribution is -0.118. The Labute approximate surface area is 178 Å². The molecule has 0 aromatic carbocycles. The van der Waals surface area contributed by atoms with Crippen LogP contribution in [0.15, 0.2) is 0 Å². The fraction of sp³-hybridized carbons (Fsp3) is 0.857. The number of hydrogen-bond donors (Lipinski definition) is 2. The Hall–Kier alpha value is 1.39. The molecule has 148 valence electrons. The number of amides is 2. The highest BCUT2D eigenvalue weighted by Gasteiger charge is 2.17. The van der Waals surface area contributed by atoms with Crippen molar-refractivity contribution in [3.05, 3.63) is 0 Å². The van der Waals surface area contributed by atoms with Gasteiger partial charge in [0.05, 0.1) is 10.5 Å². The molecule has 0 radical (unpaired) electrons. The molecule has 4 nitrogen and oxygen atoms in total. The van der Waals surface area contributed by atoms with Gasteiger partial charge >= 0.3 is 0 Å². The smallest absolute Gasteiger partial charge is 0.231 e. The number of carbonyl (C=O) groups is 2. The Balaban J connectivity index is 3.74. The van der Waals surface area contributed by atoms with Gasteiger partial charge in [0.1, 0.15) is 0 Å². The number of primary amides is 2. The number of hydrogen-bond acceptors (Lipinski definition) is 9. The van der Waals surface area contributed by atoms with Crippen molar-refractivity contribution < 1.29 is 9.59 Å². The zero-order chi connectivity index (χ0) is 18.9. The summed E-state index contributed by atoms with van der Waals surface area (Å²) in [6.07, 6.45) is 8.35. The summed E-state index contributed by atoms with van der Waals surface area (Å²) in [6.45, 7) is 4.29. The average Bonchev–Trinajstić information content (AvgIpc) is 2.57. The van der Waals surface area contributed by atoms with Gasteiger partial charge in [-0.3, -0.25) is 9.59 Å². The Morgan fingerprint density at radius 1 is 0.680 bits per heavy atom. The molecule has 2 unspecified atom stereocenters. The number of nitrogens with two attached hydrogens (primary N) is 2. The van der Waals surface area contributed by atoms with E-state index in [4.69, 9.17) is 11.5 Å². The lowest BCUT2D eigenvalue weighted by atomic mass is 10.1. The van der Waals surface area contributed by atoms with Gasteiger partial charge in [0.2, 0.25) is 11.8 Å². The van der Waals surface area contributed by atoms with E-state index in [2.05, 4.69) is 13.8 Å². The third-order valence-electron chi connectivity index (χ3n) is 3.20. The summed E-state index contributed by atoms with van der Waals surface area (Å²) < 4.78 is 0. The van der Waals surface area contributed by atoms with E-state index in [0.717, 1.165) is 51.4 Å². The van der Waals surface area contributed by atoms with Crippen molar-refractivity contribution in [1.29, 1.82) is 0 Å². The summed E-state index contributed by atoms with van der Waals surface area (Å²) >= 11 is 0. The van der Waals surface area contributed by atoms with Gasteiger partial charge in [0.15, 0.2) is 0 Å². The van der Waals surface area contributed by atoms with E-state index < -0.39 is 0 Å². The number of rotatable bonds is 18. The Morgan fingerprint density at radius 3 is 1.36 bits per heavy atom. The molecule has 0 aromatic heterocycles. The lowest BCUT2D eigenvalue weighted by Gasteiger charge is -2.11. The third-order valence-corrected chi connectivity index (χ3v) is 16.9. The summed E-state index contributed by atoms with van der Waals surface area (Å²) in [6, 6.07) is 0. The van der Waals surface area contributed by atoms with Crippen molar-refractivity contribution in [1.82, 2.24) is 0 Å². The molecule has 0 saturated carbocycles. The van der Waals surface area contributed by atoms with Crippen LogP contribution in [0.1, 0.15) is 65.2 Å². The van der Waals surface area contributed by atoms with E-state index in [1.54, 1.807) is 70.7 Å². The van der Waals surface area contributed by atoms with Crippen LogP contribution in [0.2, 0.25) is 0 Å². The van der Waals surface area contributed by atoms with Crippen LogP contribution in [0.4, 0.5) is 0 Å². The van der Waals surface area contributed by atoms with Gasteiger partial charge in [-0.2, -0.15) is 0 Å². The molecule has 25 heavy (non-hydrogen) atoms. The van der Waals surface area contributed by atoms with Crippen molar-refractivity contribution in [3.8, 4) is 0 Å². The van der Waals surface area contributed by atoms with Crippen molar-refractivity contribution in [3.63, 3.8) is 0 Å². The van der Waals surface area contributed by atoms with Crippen LogP contribution >= 0.6 is 70.7 Å². The van der Waals surface area contributed by atoms with Crippen molar-refractivity contribution in [2.45, 2.75) is 75.7 Å². The SMILES string of the molecule is CCCCCC(SSSSSSSC(CCCCC)C(N)=O)C(N)=O. The first-order valence-electron chi connectivity index (χ1n) is 8.27. The van der Waals surface area contributed by atoms with Gasteiger partial charge in [0, 0.05) is 0 Å². The molecule has 0 aliphatic rings. The fourth-order valence-electron chi connectivity index (χ4n) is 1.80. The Bertz CT molecular complexity index is 332. The van der Waals surface area contributed by atoms with Crippen molar-refractivity contribution in [2.24, 2.45) is 11.5 Å². The largest absolute Gasteiger partial charge is 0.369 e. The van der Waals surface area contributed by atoms with Gasteiger partial charge in [-0.15, -0.1) is 0 Å². The van der Waals surface area contributed by atoms with E-state index in [0.29, 0.717) is 0 Å². The molecule has 2 atom stereocenters. The first kappa shape index (κ1) is 26.4. The second-order valence-electron chi connectivity index (χ2n) is 5.31. The zero-order valence-electron chi connectivity index (χ0n) is 14.6. The summed E-state index contributed by atoms with van der Waals surface area (Å²) in [4.78, 5) is 22.8. The highest BCUT2D eigenvalue weighted by molar-refractivity contribution is 9.46. The molecule has 0 spiro atoms. The molecule has 4 N–H and O–H groups in total. The summed E-state index contributed by atoms with van der Waals surface area (Å²) in [5.41, 5.74) is 10.9.